The molecule has 98 valence electrons. The SMILES string of the molecule is Cc1cc(C(=O)N2CCC(C)(O)CC2)ccc1Cl. The molecule has 1 aliphatic rings. The van der Waals surface area contributed by atoms with Crippen LogP contribution < -0.4 is 0 Å². The highest BCUT2D eigenvalue weighted by molar-refractivity contribution is 6.31. The molecule has 0 bridgehead atoms. The van der Waals surface area contributed by atoms with Crippen molar-refractivity contribution in [2.24, 2.45) is 0 Å². The molecule has 0 unspecified atom stereocenters. The summed E-state index contributed by atoms with van der Waals surface area (Å²) in [4.78, 5) is 14.1. The van der Waals surface area contributed by atoms with Gasteiger partial charge in [0.2, 0.25) is 0 Å². The van der Waals surface area contributed by atoms with E-state index in [0.717, 1.165) is 5.56 Å². The van der Waals surface area contributed by atoms with Crippen molar-refractivity contribution in [3.05, 3.63) is 34.3 Å². The Balaban J connectivity index is 2.10. The molecular weight excluding hydrogens is 250 g/mol. The Morgan fingerprint density at radius 2 is 2.00 bits per heavy atom. The van der Waals surface area contributed by atoms with Gasteiger partial charge in [-0.3, -0.25) is 4.79 Å². The van der Waals surface area contributed by atoms with Gasteiger partial charge >= 0.3 is 0 Å². The van der Waals surface area contributed by atoms with Gasteiger partial charge in [0.25, 0.3) is 5.91 Å². The zero-order valence-corrected chi connectivity index (χ0v) is 11.5. The third-order valence-electron chi connectivity index (χ3n) is 3.53. The summed E-state index contributed by atoms with van der Waals surface area (Å²) in [7, 11) is 0. The molecule has 18 heavy (non-hydrogen) atoms. The molecule has 3 nitrogen and oxygen atoms in total. The standard InChI is InChI=1S/C14H18ClNO2/c1-10-9-11(3-4-12(10)15)13(17)16-7-5-14(2,18)6-8-16/h3-4,9,18H,5-8H2,1-2H3. The molecular formula is C14H18ClNO2. The second kappa shape index (κ2) is 4.90. The number of rotatable bonds is 1. The van der Waals surface area contributed by atoms with Crippen LogP contribution in [0.5, 0.6) is 0 Å². The third-order valence-corrected chi connectivity index (χ3v) is 3.96. The number of carbonyl (C=O) groups excluding carboxylic acids is 1. The highest BCUT2D eigenvalue weighted by Gasteiger charge is 2.29. The number of nitrogens with zero attached hydrogens (tertiary/aromatic N) is 1. The predicted octanol–water partition coefficient (Wildman–Crippen LogP) is 2.64. The molecule has 2 rings (SSSR count). The van der Waals surface area contributed by atoms with Gasteiger partial charge < -0.3 is 10.0 Å². The molecule has 1 saturated heterocycles. The summed E-state index contributed by atoms with van der Waals surface area (Å²) in [6, 6.07) is 5.33. The Morgan fingerprint density at radius 3 is 2.56 bits per heavy atom. The summed E-state index contributed by atoms with van der Waals surface area (Å²) >= 11 is 5.95. The molecule has 1 N–H and O–H groups in total. The average molecular weight is 268 g/mol. The molecule has 1 aromatic rings. The quantitative estimate of drug-likeness (QED) is 0.850. The first-order chi connectivity index (χ1) is 8.39. The Morgan fingerprint density at radius 1 is 1.39 bits per heavy atom. The molecule has 1 amide bonds. The van der Waals surface area contributed by atoms with Crippen molar-refractivity contribution in [1.82, 2.24) is 4.90 Å². The van der Waals surface area contributed by atoms with Crippen LogP contribution in [0, 0.1) is 6.92 Å². The van der Waals surface area contributed by atoms with E-state index in [4.69, 9.17) is 11.6 Å². The molecule has 4 heteroatoms. The largest absolute Gasteiger partial charge is 0.390 e. The highest BCUT2D eigenvalue weighted by Crippen LogP contribution is 2.23. The van der Waals surface area contributed by atoms with Crippen LogP contribution in [0.25, 0.3) is 0 Å². The molecule has 0 aromatic heterocycles. The van der Waals surface area contributed by atoms with E-state index in [0.29, 0.717) is 36.5 Å². The molecule has 1 aliphatic heterocycles. The monoisotopic (exact) mass is 267 g/mol. The van der Waals surface area contributed by atoms with E-state index in [1.165, 1.54) is 0 Å². The Bertz CT molecular complexity index is 461. The van der Waals surface area contributed by atoms with Crippen LogP contribution in [0.1, 0.15) is 35.7 Å². The predicted molar refractivity (Wildman–Crippen MR) is 72.0 cm³/mol. The highest BCUT2D eigenvalue weighted by atomic mass is 35.5. The van der Waals surface area contributed by atoms with Crippen LogP contribution in [0.3, 0.4) is 0 Å². The van der Waals surface area contributed by atoms with E-state index in [1.807, 2.05) is 19.9 Å². The Hall–Kier alpha value is -1.06. The van der Waals surface area contributed by atoms with Crippen molar-refractivity contribution in [3.8, 4) is 0 Å². The first kappa shape index (κ1) is 13.4. The molecule has 1 fully saturated rings. The van der Waals surface area contributed by atoms with Gasteiger partial charge in [0.15, 0.2) is 0 Å². The number of aryl methyl sites for hydroxylation is 1. The van der Waals surface area contributed by atoms with Crippen molar-refractivity contribution in [2.75, 3.05) is 13.1 Å². The third kappa shape index (κ3) is 2.85. The van der Waals surface area contributed by atoms with Gasteiger partial charge in [-0.25, -0.2) is 0 Å². The lowest BCUT2D eigenvalue weighted by atomic mass is 9.93. The fourth-order valence-corrected chi connectivity index (χ4v) is 2.27. The lowest BCUT2D eigenvalue weighted by Gasteiger charge is -2.35. The number of likely N-dealkylation sites (tertiary alicyclic amines) is 1. The maximum Gasteiger partial charge on any atom is 0.253 e. The number of amides is 1. The van der Waals surface area contributed by atoms with Gasteiger partial charge in [0.05, 0.1) is 5.60 Å². The number of hydrogen-bond donors (Lipinski definition) is 1. The molecule has 1 aromatic carbocycles. The lowest BCUT2D eigenvalue weighted by molar-refractivity contribution is -0.00202. The topological polar surface area (TPSA) is 40.5 Å². The van der Waals surface area contributed by atoms with Crippen LogP contribution in [0.15, 0.2) is 18.2 Å². The summed E-state index contributed by atoms with van der Waals surface area (Å²) in [5, 5.41) is 10.5. The fourth-order valence-electron chi connectivity index (χ4n) is 2.15. The normalized spacial score (nSPS) is 18.8. The smallest absolute Gasteiger partial charge is 0.253 e. The van der Waals surface area contributed by atoms with E-state index >= 15 is 0 Å². The van der Waals surface area contributed by atoms with E-state index in [-0.39, 0.29) is 5.91 Å². The minimum atomic E-state index is -0.632. The van der Waals surface area contributed by atoms with Gasteiger partial charge in [-0.2, -0.15) is 0 Å². The maximum atomic E-state index is 12.3. The average Bonchev–Trinajstić information content (AvgIpc) is 2.32. The van der Waals surface area contributed by atoms with Crippen molar-refractivity contribution in [3.63, 3.8) is 0 Å². The summed E-state index contributed by atoms with van der Waals surface area (Å²) in [6.45, 7) is 4.92. The summed E-state index contributed by atoms with van der Waals surface area (Å²) < 4.78 is 0. The van der Waals surface area contributed by atoms with Crippen LogP contribution in [-0.2, 0) is 0 Å². The van der Waals surface area contributed by atoms with Crippen molar-refractivity contribution in [2.45, 2.75) is 32.3 Å². The summed E-state index contributed by atoms with van der Waals surface area (Å²) in [5.41, 5.74) is 0.942. The number of aliphatic hydroxyl groups is 1. The minimum absolute atomic E-state index is 0.0188. The summed E-state index contributed by atoms with van der Waals surface area (Å²) in [6.07, 6.45) is 1.26. The molecule has 1 heterocycles. The number of piperidine rings is 1. The summed E-state index contributed by atoms with van der Waals surface area (Å²) in [5.74, 6) is 0.0188. The zero-order chi connectivity index (χ0) is 13.3. The zero-order valence-electron chi connectivity index (χ0n) is 10.7. The lowest BCUT2D eigenvalue weighted by Crippen LogP contribution is -2.45. The van der Waals surface area contributed by atoms with Crippen LogP contribution >= 0.6 is 11.6 Å². The van der Waals surface area contributed by atoms with Gasteiger partial charge in [0, 0.05) is 23.7 Å². The molecule has 0 aliphatic carbocycles. The van der Waals surface area contributed by atoms with Gasteiger partial charge in [-0.05, 0) is 50.5 Å². The molecule has 0 radical (unpaired) electrons. The minimum Gasteiger partial charge on any atom is -0.390 e. The Labute approximate surface area is 112 Å². The van der Waals surface area contributed by atoms with E-state index in [2.05, 4.69) is 0 Å². The first-order valence-electron chi connectivity index (χ1n) is 6.17. The number of carbonyl (C=O) groups is 1. The fraction of sp³-hybridized carbons (Fsp3) is 0.500. The molecule has 0 atom stereocenters. The number of benzene rings is 1. The van der Waals surface area contributed by atoms with Gasteiger partial charge in [-0.1, -0.05) is 11.6 Å². The Kier molecular flexibility index (Phi) is 3.64. The van der Waals surface area contributed by atoms with Crippen LogP contribution in [-0.4, -0.2) is 34.6 Å². The molecule has 0 spiro atoms. The maximum absolute atomic E-state index is 12.3. The number of halogens is 1. The van der Waals surface area contributed by atoms with Gasteiger partial charge in [-0.15, -0.1) is 0 Å². The van der Waals surface area contributed by atoms with Gasteiger partial charge in [0.1, 0.15) is 0 Å². The van der Waals surface area contributed by atoms with E-state index in [1.54, 1.807) is 17.0 Å². The van der Waals surface area contributed by atoms with Crippen molar-refractivity contribution < 1.29 is 9.90 Å². The number of hydrogen-bond acceptors (Lipinski definition) is 2. The second-order valence-corrected chi connectivity index (χ2v) is 5.66. The van der Waals surface area contributed by atoms with Crippen molar-refractivity contribution in [1.29, 1.82) is 0 Å². The first-order valence-corrected chi connectivity index (χ1v) is 6.55. The van der Waals surface area contributed by atoms with E-state index < -0.39 is 5.60 Å². The van der Waals surface area contributed by atoms with Crippen LogP contribution in [0.2, 0.25) is 5.02 Å². The second-order valence-electron chi connectivity index (χ2n) is 5.25. The van der Waals surface area contributed by atoms with Crippen LogP contribution in [0.4, 0.5) is 0 Å². The van der Waals surface area contributed by atoms with Crippen molar-refractivity contribution >= 4 is 17.5 Å². The van der Waals surface area contributed by atoms with E-state index in [9.17, 15) is 9.90 Å². The molecule has 0 saturated carbocycles.